The highest BCUT2D eigenvalue weighted by Crippen LogP contribution is 2.37. The van der Waals surface area contributed by atoms with Crippen molar-refractivity contribution in [2.24, 2.45) is 0 Å². The maximum atomic E-state index is 5.79. The summed E-state index contributed by atoms with van der Waals surface area (Å²) in [5, 5.41) is 2.66. The van der Waals surface area contributed by atoms with Crippen LogP contribution >= 0.6 is 0 Å². The number of fused-ring (bicyclic) bond motifs is 4. The van der Waals surface area contributed by atoms with E-state index in [2.05, 4.69) is 96.6 Å². The van der Waals surface area contributed by atoms with Gasteiger partial charge in [0.25, 0.3) is 0 Å². The number of hydrogen-bond acceptors (Lipinski definition) is 2. The molecule has 37 heavy (non-hydrogen) atoms. The van der Waals surface area contributed by atoms with Gasteiger partial charge in [0.15, 0.2) is 11.5 Å². The molecular formula is C34H32N2O. The van der Waals surface area contributed by atoms with Gasteiger partial charge in [0.1, 0.15) is 0 Å². The molecule has 0 fully saturated rings. The molecule has 0 saturated heterocycles. The van der Waals surface area contributed by atoms with Gasteiger partial charge in [-0.25, -0.2) is 0 Å². The van der Waals surface area contributed by atoms with Crippen molar-refractivity contribution in [3.63, 3.8) is 0 Å². The molecule has 0 aliphatic carbocycles. The van der Waals surface area contributed by atoms with Gasteiger partial charge in [-0.3, -0.25) is 0 Å². The molecule has 0 saturated carbocycles. The lowest BCUT2D eigenvalue weighted by Crippen LogP contribution is -2.23. The van der Waals surface area contributed by atoms with E-state index in [4.69, 9.17) is 4.74 Å². The third-order valence-electron chi connectivity index (χ3n) is 6.66. The van der Waals surface area contributed by atoms with Gasteiger partial charge in [0, 0.05) is 23.5 Å². The monoisotopic (exact) mass is 484 g/mol. The predicted molar refractivity (Wildman–Crippen MR) is 158 cm³/mol. The van der Waals surface area contributed by atoms with E-state index in [0.29, 0.717) is 0 Å². The van der Waals surface area contributed by atoms with E-state index in [9.17, 15) is 0 Å². The Hall–Kier alpha value is -4.50. The van der Waals surface area contributed by atoms with Gasteiger partial charge >= 0.3 is 0 Å². The average molecular weight is 485 g/mol. The third-order valence-corrected chi connectivity index (χ3v) is 6.66. The maximum absolute atomic E-state index is 5.79. The van der Waals surface area contributed by atoms with Gasteiger partial charge in [-0.15, -0.1) is 0 Å². The molecule has 0 radical (unpaired) electrons. The summed E-state index contributed by atoms with van der Waals surface area (Å²) < 4.78 is 8.14. The Kier molecular flexibility index (Phi) is 6.70. The van der Waals surface area contributed by atoms with Crippen molar-refractivity contribution >= 4 is 27.5 Å². The van der Waals surface area contributed by atoms with Gasteiger partial charge in [-0.05, 0) is 81.5 Å². The Morgan fingerprint density at radius 3 is 1.95 bits per heavy atom. The van der Waals surface area contributed by atoms with E-state index < -0.39 is 0 Å². The molecule has 0 atom stereocenters. The SMILES string of the molecule is C=CC1=C(/C=C\C)N(C)c2ccccc2O1.Cc1ccc2c(c1)c1cc(C)ccc1n2-c1ccccc1. The first-order chi connectivity index (χ1) is 18.0. The summed E-state index contributed by atoms with van der Waals surface area (Å²) in [5.41, 5.74) is 8.45. The molecule has 1 aliphatic rings. The van der Waals surface area contributed by atoms with Crippen LogP contribution in [-0.4, -0.2) is 11.6 Å². The number of hydrogen-bond donors (Lipinski definition) is 0. The number of anilines is 1. The van der Waals surface area contributed by atoms with Crippen LogP contribution in [0.5, 0.6) is 5.75 Å². The van der Waals surface area contributed by atoms with Gasteiger partial charge in [-0.2, -0.15) is 0 Å². The number of nitrogens with zero attached hydrogens (tertiary/aromatic N) is 2. The molecule has 0 spiro atoms. The Morgan fingerprint density at radius 1 is 0.757 bits per heavy atom. The Bertz CT molecular complexity index is 1590. The minimum Gasteiger partial charge on any atom is -0.453 e. The number of aryl methyl sites for hydroxylation is 2. The number of likely N-dealkylation sites (N-methyl/N-ethyl adjacent to an activating group) is 1. The van der Waals surface area contributed by atoms with Crippen molar-refractivity contribution in [1.29, 1.82) is 0 Å². The normalized spacial score (nSPS) is 12.9. The summed E-state index contributed by atoms with van der Waals surface area (Å²) >= 11 is 0. The molecule has 184 valence electrons. The fourth-order valence-electron chi connectivity index (χ4n) is 4.89. The van der Waals surface area contributed by atoms with E-state index in [0.717, 1.165) is 22.9 Å². The van der Waals surface area contributed by atoms with E-state index in [-0.39, 0.29) is 0 Å². The quantitative estimate of drug-likeness (QED) is 0.254. The van der Waals surface area contributed by atoms with Crippen LogP contribution in [0.15, 0.2) is 127 Å². The highest BCUT2D eigenvalue weighted by molar-refractivity contribution is 6.09. The van der Waals surface area contributed by atoms with Crippen LogP contribution in [0.3, 0.4) is 0 Å². The van der Waals surface area contributed by atoms with Gasteiger partial charge in [-0.1, -0.05) is 66.2 Å². The number of aromatic nitrogens is 1. The summed E-state index contributed by atoms with van der Waals surface area (Å²) in [5.74, 6) is 1.66. The van der Waals surface area contributed by atoms with Crippen LogP contribution in [0.1, 0.15) is 18.1 Å². The molecule has 4 aromatic carbocycles. The van der Waals surface area contributed by atoms with Crippen LogP contribution in [-0.2, 0) is 0 Å². The fourth-order valence-corrected chi connectivity index (χ4v) is 4.89. The van der Waals surface area contributed by atoms with E-state index in [1.165, 1.54) is 38.6 Å². The van der Waals surface area contributed by atoms with Crippen LogP contribution in [0.25, 0.3) is 27.5 Å². The van der Waals surface area contributed by atoms with E-state index in [1.807, 2.05) is 50.4 Å². The highest BCUT2D eigenvalue weighted by atomic mass is 16.5. The van der Waals surface area contributed by atoms with Crippen LogP contribution in [0.4, 0.5) is 5.69 Å². The molecule has 1 aliphatic heterocycles. The highest BCUT2D eigenvalue weighted by Gasteiger charge is 2.20. The molecule has 5 aromatic rings. The molecule has 0 N–H and O–H groups in total. The average Bonchev–Trinajstić information content (AvgIpc) is 3.23. The lowest BCUT2D eigenvalue weighted by Gasteiger charge is -2.29. The van der Waals surface area contributed by atoms with E-state index >= 15 is 0 Å². The summed E-state index contributed by atoms with van der Waals surface area (Å²) in [6.07, 6.45) is 5.75. The minimum atomic E-state index is 0.791. The maximum Gasteiger partial charge on any atom is 0.151 e. The van der Waals surface area contributed by atoms with Gasteiger partial charge < -0.3 is 14.2 Å². The van der Waals surface area contributed by atoms with Crippen LogP contribution in [0.2, 0.25) is 0 Å². The summed E-state index contributed by atoms with van der Waals surface area (Å²) in [6, 6.07) is 32.0. The van der Waals surface area contributed by atoms with Crippen LogP contribution < -0.4 is 9.64 Å². The van der Waals surface area contributed by atoms with Crippen molar-refractivity contribution in [3.05, 3.63) is 138 Å². The first-order valence-corrected chi connectivity index (χ1v) is 12.6. The molecule has 2 heterocycles. The molecule has 3 nitrogen and oxygen atoms in total. The van der Waals surface area contributed by atoms with Crippen molar-refractivity contribution in [2.45, 2.75) is 20.8 Å². The second kappa shape index (κ2) is 10.2. The number of ether oxygens (including phenoxy) is 1. The second-order valence-electron chi connectivity index (χ2n) is 9.29. The third kappa shape index (κ3) is 4.56. The zero-order valence-corrected chi connectivity index (χ0v) is 21.9. The number of benzene rings is 4. The lowest BCUT2D eigenvalue weighted by atomic mass is 10.1. The van der Waals surface area contributed by atoms with Crippen molar-refractivity contribution in [2.75, 3.05) is 11.9 Å². The van der Waals surface area contributed by atoms with Crippen molar-refractivity contribution in [3.8, 4) is 11.4 Å². The zero-order valence-electron chi connectivity index (χ0n) is 21.9. The molecular weight excluding hydrogens is 452 g/mol. The van der Waals surface area contributed by atoms with Crippen molar-refractivity contribution < 1.29 is 4.74 Å². The molecule has 0 amide bonds. The van der Waals surface area contributed by atoms with Crippen LogP contribution in [0, 0.1) is 13.8 Å². The molecule has 1 aromatic heterocycles. The van der Waals surface area contributed by atoms with E-state index in [1.54, 1.807) is 6.08 Å². The first kappa shape index (κ1) is 24.2. The van der Waals surface area contributed by atoms with Gasteiger partial charge in [0.2, 0.25) is 0 Å². The molecule has 3 heteroatoms. The topological polar surface area (TPSA) is 17.4 Å². The summed E-state index contributed by atoms with van der Waals surface area (Å²) in [4.78, 5) is 2.11. The molecule has 0 bridgehead atoms. The molecule has 0 unspecified atom stereocenters. The van der Waals surface area contributed by atoms with Gasteiger partial charge in [0.05, 0.1) is 22.4 Å². The Morgan fingerprint density at radius 2 is 1.35 bits per heavy atom. The first-order valence-electron chi connectivity index (χ1n) is 12.6. The second-order valence-corrected chi connectivity index (χ2v) is 9.29. The fraction of sp³-hybridized carbons (Fsp3) is 0.118. The standard InChI is InChI=1S/C20H17N.C14H15NO/c1-14-8-10-19-17(12-14)18-13-15(2)9-11-20(18)21(19)16-6-4-3-5-7-16;1-4-8-11-13(5-2)16-14-10-7-6-9-12(14)15(11)3/h3-13H,1-2H3;4-10H,2H2,1,3H3/b;8-4-. The zero-order chi connectivity index (χ0) is 25.9. The number of allylic oxidation sites excluding steroid dienone is 3. The summed E-state index contributed by atoms with van der Waals surface area (Å²) in [7, 11) is 2.03. The Labute approximate surface area is 219 Å². The molecule has 6 rings (SSSR count). The number of rotatable bonds is 3. The number of para-hydroxylation sites is 3. The smallest absolute Gasteiger partial charge is 0.151 e. The lowest BCUT2D eigenvalue weighted by molar-refractivity contribution is 0.429. The minimum absolute atomic E-state index is 0.791. The predicted octanol–water partition coefficient (Wildman–Crippen LogP) is 8.89. The Balaban J connectivity index is 0.000000158. The van der Waals surface area contributed by atoms with Crippen molar-refractivity contribution in [1.82, 2.24) is 4.57 Å². The summed E-state index contributed by atoms with van der Waals surface area (Å²) in [6.45, 7) is 10.1. The largest absolute Gasteiger partial charge is 0.453 e.